The second-order valence-electron chi connectivity index (χ2n) is 7.49. The van der Waals surface area contributed by atoms with Gasteiger partial charge in [0.05, 0.1) is 7.11 Å². The molecule has 1 saturated carbocycles. The molecule has 1 aromatic rings. The van der Waals surface area contributed by atoms with Crippen molar-refractivity contribution in [3.8, 4) is 5.75 Å². The van der Waals surface area contributed by atoms with E-state index in [2.05, 4.69) is 6.92 Å². The van der Waals surface area contributed by atoms with Gasteiger partial charge in [0.2, 0.25) is 0 Å². The Morgan fingerprint density at radius 3 is 2.33 bits per heavy atom. The normalized spacial score (nSPS) is 27.7. The topological polar surface area (TPSA) is 26.3 Å². The van der Waals surface area contributed by atoms with Crippen molar-refractivity contribution in [2.45, 2.75) is 64.2 Å². The molecule has 3 rings (SSSR count). The molecule has 1 aromatic carbocycles. The molecule has 0 amide bonds. The highest BCUT2D eigenvalue weighted by Crippen LogP contribution is 2.40. The van der Waals surface area contributed by atoms with Crippen LogP contribution in [0.5, 0.6) is 5.75 Å². The summed E-state index contributed by atoms with van der Waals surface area (Å²) in [6.45, 7) is 2.29. The summed E-state index contributed by atoms with van der Waals surface area (Å²) in [5.74, 6) is 2.78. The lowest BCUT2D eigenvalue weighted by atomic mass is 9.72. The van der Waals surface area contributed by atoms with E-state index in [1.807, 2.05) is 30.3 Å². The van der Waals surface area contributed by atoms with E-state index in [9.17, 15) is 4.79 Å². The standard InChI is InChI=1S/C22H30O2/c1-3-4-16-5-7-17(8-6-16)19-11-14-21(22(23)15-19)18-9-12-20(24-2)13-10-18/h9-10,12-13,15-17,21H,3-8,11,14H2,1-2H3. The molecule has 0 radical (unpaired) electrons. The summed E-state index contributed by atoms with van der Waals surface area (Å²) < 4.78 is 5.21. The summed E-state index contributed by atoms with van der Waals surface area (Å²) in [6.07, 6.45) is 12.0. The van der Waals surface area contributed by atoms with Crippen LogP contribution in [0.4, 0.5) is 0 Å². The molecule has 0 bridgehead atoms. The van der Waals surface area contributed by atoms with E-state index in [1.165, 1.54) is 44.1 Å². The zero-order valence-electron chi connectivity index (χ0n) is 15.1. The molecular weight excluding hydrogens is 296 g/mol. The quantitative estimate of drug-likeness (QED) is 0.696. The van der Waals surface area contributed by atoms with Gasteiger partial charge < -0.3 is 4.74 Å². The van der Waals surface area contributed by atoms with Gasteiger partial charge in [-0.2, -0.15) is 0 Å². The maximum atomic E-state index is 12.7. The molecule has 24 heavy (non-hydrogen) atoms. The Kier molecular flexibility index (Phi) is 5.76. The molecule has 0 saturated heterocycles. The summed E-state index contributed by atoms with van der Waals surface area (Å²) in [5.41, 5.74) is 2.56. The zero-order chi connectivity index (χ0) is 16.9. The minimum atomic E-state index is 0.0380. The van der Waals surface area contributed by atoms with Crippen LogP contribution in [0, 0.1) is 11.8 Å². The van der Waals surface area contributed by atoms with Gasteiger partial charge >= 0.3 is 0 Å². The van der Waals surface area contributed by atoms with Crippen LogP contribution in [0.1, 0.15) is 69.8 Å². The number of rotatable bonds is 5. The second kappa shape index (κ2) is 8.00. The molecule has 0 N–H and O–H groups in total. The lowest BCUT2D eigenvalue weighted by molar-refractivity contribution is -0.116. The van der Waals surface area contributed by atoms with Gasteiger partial charge in [-0.3, -0.25) is 4.79 Å². The summed E-state index contributed by atoms with van der Waals surface area (Å²) in [6, 6.07) is 7.99. The van der Waals surface area contributed by atoms with Crippen molar-refractivity contribution < 1.29 is 9.53 Å². The lowest BCUT2D eigenvalue weighted by Gasteiger charge is -2.32. The van der Waals surface area contributed by atoms with Crippen LogP contribution in [0.25, 0.3) is 0 Å². The molecule has 0 aliphatic heterocycles. The molecule has 1 atom stereocenters. The highest BCUT2D eigenvalue weighted by atomic mass is 16.5. The number of methoxy groups -OCH3 is 1. The largest absolute Gasteiger partial charge is 0.497 e. The lowest BCUT2D eigenvalue weighted by Crippen LogP contribution is -2.22. The summed E-state index contributed by atoms with van der Waals surface area (Å²) in [5, 5.41) is 0. The Morgan fingerprint density at radius 1 is 1.04 bits per heavy atom. The first-order valence-corrected chi connectivity index (χ1v) is 9.59. The third-order valence-corrected chi connectivity index (χ3v) is 5.98. The third kappa shape index (κ3) is 3.91. The fraction of sp³-hybridized carbons (Fsp3) is 0.591. The van der Waals surface area contributed by atoms with Crippen LogP contribution in [-0.2, 0) is 4.79 Å². The number of allylic oxidation sites excluding steroid dienone is 2. The number of benzene rings is 1. The molecule has 2 aliphatic rings. The maximum absolute atomic E-state index is 12.7. The number of carbonyl (C=O) groups excluding carboxylic acids is 1. The van der Waals surface area contributed by atoms with Crippen LogP contribution >= 0.6 is 0 Å². The van der Waals surface area contributed by atoms with Gasteiger partial charge in [-0.15, -0.1) is 0 Å². The van der Waals surface area contributed by atoms with Gasteiger partial charge in [0.25, 0.3) is 0 Å². The van der Waals surface area contributed by atoms with Gasteiger partial charge in [-0.05, 0) is 74.1 Å². The van der Waals surface area contributed by atoms with E-state index in [1.54, 1.807) is 7.11 Å². The molecule has 2 nitrogen and oxygen atoms in total. The second-order valence-corrected chi connectivity index (χ2v) is 7.49. The van der Waals surface area contributed by atoms with Gasteiger partial charge in [0.1, 0.15) is 5.75 Å². The van der Waals surface area contributed by atoms with E-state index in [0.717, 1.165) is 30.1 Å². The van der Waals surface area contributed by atoms with Crippen molar-refractivity contribution >= 4 is 5.78 Å². The first-order valence-electron chi connectivity index (χ1n) is 9.59. The summed E-state index contributed by atoms with van der Waals surface area (Å²) in [4.78, 5) is 12.7. The van der Waals surface area contributed by atoms with E-state index in [-0.39, 0.29) is 5.92 Å². The van der Waals surface area contributed by atoms with E-state index < -0.39 is 0 Å². The smallest absolute Gasteiger partial charge is 0.163 e. The van der Waals surface area contributed by atoms with Crippen molar-refractivity contribution in [2.75, 3.05) is 7.11 Å². The highest BCUT2D eigenvalue weighted by molar-refractivity contribution is 5.97. The predicted molar refractivity (Wildman–Crippen MR) is 98.4 cm³/mol. The van der Waals surface area contributed by atoms with Crippen LogP contribution in [-0.4, -0.2) is 12.9 Å². The Labute approximate surface area is 146 Å². The van der Waals surface area contributed by atoms with Crippen molar-refractivity contribution in [2.24, 2.45) is 11.8 Å². The highest BCUT2D eigenvalue weighted by Gasteiger charge is 2.29. The number of ketones is 1. The van der Waals surface area contributed by atoms with Gasteiger partial charge in [0.15, 0.2) is 5.78 Å². The average molecular weight is 326 g/mol. The molecule has 2 aliphatic carbocycles. The van der Waals surface area contributed by atoms with E-state index in [4.69, 9.17) is 4.74 Å². The van der Waals surface area contributed by atoms with Crippen molar-refractivity contribution in [3.05, 3.63) is 41.5 Å². The fourth-order valence-electron chi connectivity index (χ4n) is 4.53. The average Bonchev–Trinajstić information content (AvgIpc) is 2.63. The van der Waals surface area contributed by atoms with Crippen molar-refractivity contribution in [1.29, 1.82) is 0 Å². The van der Waals surface area contributed by atoms with Gasteiger partial charge in [-0.1, -0.05) is 37.5 Å². The third-order valence-electron chi connectivity index (χ3n) is 5.98. The van der Waals surface area contributed by atoms with Crippen molar-refractivity contribution in [3.63, 3.8) is 0 Å². The Morgan fingerprint density at radius 2 is 1.75 bits per heavy atom. The van der Waals surface area contributed by atoms with Gasteiger partial charge in [-0.25, -0.2) is 0 Å². The molecule has 130 valence electrons. The molecule has 1 unspecified atom stereocenters. The maximum Gasteiger partial charge on any atom is 0.163 e. The van der Waals surface area contributed by atoms with Crippen LogP contribution < -0.4 is 4.74 Å². The Hall–Kier alpha value is -1.57. The summed E-state index contributed by atoms with van der Waals surface area (Å²) >= 11 is 0. The predicted octanol–water partition coefficient (Wildman–Crippen LogP) is 5.67. The number of hydrogen-bond donors (Lipinski definition) is 0. The Balaban J connectivity index is 1.62. The minimum Gasteiger partial charge on any atom is -0.497 e. The monoisotopic (exact) mass is 326 g/mol. The van der Waals surface area contributed by atoms with E-state index in [0.29, 0.717) is 11.7 Å². The fourth-order valence-corrected chi connectivity index (χ4v) is 4.53. The zero-order valence-corrected chi connectivity index (χ0v) is 15.1. The Bertz CT molecular complexity index is 576. The minimum absolute atomic E-state index is 0.0380. The number of hydrogen-bond acceptors (Lipinski definition) is 2. The molecule has 2 heteroatoms. The van der Waals surface area contributed by atoms with Crippen molar-refractivity contribution in [1.82, 2.24) is 0 Å². The molecule has 0 aromatic heterocycles. The van der Waals surface area contributed by atoms with Gasteiger partial charge in [0, 0.05) is 5.92 Å². The van der Waals surface area contributed by atoms with Crippen LogP contribution in [0.3, 0.4) is 0 Å². The molecule has 0 spiro atoms. The number of ether oxygens (including phenoxy) is 1. The van der Waals surface area contributed by atoms with E-state index >= 15 is 0 Å². The first-order chi connectivity index (χ1) is 11.7. The first kappa shape index (κ1) is 17.3. The number of carbonyl (C=O) groups is 1. The molecule has 0 heterocycles. The van der Waals surface area contributed by atoms with Crippen LogP contribution in [0.2, 0.25) is 0 Å². The summed E-state index contributed by atoms with van der Waals surface area (Å²) in [7, 11) is 1.67. The molecular formula is C22H30O2. The van der Waals surface area contributed by atoms with Crippen LogP contribution in [0.15, 0.2) is 35.9 Å². The SMILES string of the molecule is CCCC1CCC(C2=CC(=O)C(c3ccc(OC)cc3)CC2)CC1. The molecule has 1 fully saturated rings.